The summed E-state index contributed by atoms with van der Waals surface area (Å²) in [6.45, 7) is 1.76. The van der Waals surface area contributed by atoms with E-state index in [1.807, 2.05) is 0 Å². The number of ether oxygens (including phenoxy) is 1. The molecule has 1 amide bonds. The summed E-state index contributed by atoms with van der Waals surface area (Å²) in [6.07, 6.45) is 7.03. The lowest BCUT2D eigenvalue weighted by Gasteiger charge is -2.21. The van der Waals surface area contributed by atoms with E-state index < -0.39 is 0 Å². The highest BCUT2D eigenvalue weighted by Crippen LogP contribution is 2.38. The van der Waals surface area contributed by atoms with Crippen molar-refractivity contribution in [3.63, 3.8) is 0 Å². The van der Waals surface area contributed by atoms with Crippen LogP contribution in [0.3, 0.4) is 0 Å². The largest absolute Gasteiger partial charge is 0.465 e. The van der Waals surface area contributed by atoms with Crippen molar-refractivity contribution >= 4 is 28.2 Å². The van der Waals surface area contributed by atoms with Gasteiger partial charge in [-0.15, -0.1) is 11.3 Å². The summed E-state index contributed by atoms with van der Waals surface area (Å²) < 4.78 is 4.98. The van der Waals surface area contributed by atoms with E-state index in [9.17, 15) is 9.59 Å². The lowest BCUT2D eigenvalue weighted by Crippen LogP contribution is -2.34. The van der Waals surface area contributed by atoms with Gasteiger partial charge in [0.2, 0.25) is 5.91 Å². The number of amides is 1. The topological polar surface area (TPSA) is 67.4 Å². The summed E-state index contributed by atoms with van der Waals surface area (Å²) in [6, 6.07) is 0. The van der Waals surface area contributed by atoms with Gasteiger partial charge in [-0.25, -0.2) is 4.79 Å². The molecule has 0 radical (unpaired) electrons. The Morgan fingerprint density at radius 2 is 1.91 bits per heavy atom. The molecule has 3 rings (SSSR count). The Bertz CT molecular complexity index is 591. The van der Waals surface area contributed by atoms with Crippen LogP contribution in [0.5, 0.6) is 0 Å². The number of anilines is 1. The highest BCUT2D eigenvalue weighted by atomic mass is 32.1. The molecule has 2 heterocycles. The molecule has 1 saturated heterocycles. The van der Waals surface area contributed by atoms with Crippen molar-refractivity contribution in [3.8, 4) is 0 Å². The van der Waals surface area contributed by atoms with E-state index in [0.717, 1.165) is 57.2 Å². The zero-order valence-corrected chi connectivity index (χ0v) is 14.4. The van der Waals surface area contributed by atoms with E-state index in [-0.39, 0.29) is 17.8 Å². The standard InChI is InChI=1S/C17H24N2O3S/c1-22-17(21)14-12-5-3-2-4-6-13(12)23-16(14)19-15(20)11-7-9-18-10-8-11/h11,18H,2-10H2,1H3,(H,19,20). The number of hydrogen-bond acceptors (Lipinski definition) is 5. The third-order valence-corrected chi connectivity index (χ3v) is 5.96. The fraction of sp³-hybridized carbons (Fsp3) is 0.647. The van der Waals surface area contributed by atoms with Crippen LogP contribution in [0.1, 0.15) is 52.9 Å². The maximum Gasteiger partial charge on any atom is 0.341 e. The summed E-state index contributed by atoms with van der Waals surface area (Å²) in [5, 5.41) is 6.98. The number of methoxy groups -OCH3 is 1. The van der Waals surface area contributed by atoms with Crippen molar-refractivity contribution in [1.82, 2.24) is 5.32 Å². The zero-order chi connectivity index (χ0) is 16.2. The van der Waals surface area contributed by atoms with Gasteiger partial charge in [-0.05, 0) is 57.2 Å². The van der Waals surface area contributed by atoms with E-state index in [0.29, 0.717) is 10.6 Å². The monoisotopic (exact) mass is 336 g/mol. The molecule has 6 heteroatoms. The Morgan fingerprint density at radius 1 is 1.17 bits per heavy atom. The van der Waals surface area contributed by atoms with Gasteiger partial charge in [-0.1, -0.05) is 6.42 Å². The van der Waals surface area contributed by atoms with Gasteiger partial charge >= 0.3 is 5.97 Å². The SMILES string of the molecule is COC(=O)c1c(NC(=O)C2CCNCC2)sc2c1CCCCC2. The fourth-order valence-corrected chi connectivity index (χ4v) is 4.73. The smallest absolute Gasteiger partial charge is 0.341 e. The molecule has 0 saturated carbocycles. The maximum atomic E-state index is 12.5. The first kappa shape index (κ1) is 16.5. The molecule has 5 nitrogen and oxygen atoms in total. The Morgan fingerprint density at radius 3 is 2.65 bits per heavy atom. The highest BCUT2D eigenvalue weighted by molar-refractivity contribution is 7.17. The molecule has 0 atom stereocenters. The van der Waals surface area contributed by atoms with Crippen molar-refractivity contribution in [1.29, 1.82) is 0 Å². The van der Waals surface area contributed by atoms with Gasteiger partial charge < -0.3 is 15.4 Å². The molecule has 23 heavy (non-hydrogen) atoms. The van der Waals surface area contributed by atoms with Gasteiger partial charge in [-0.2, -0.15) is 0 Å². The van der Waals surface area contributed by atoms with Gasteiger partial charge in [0.1, 0.15) is 5.00 Å². The van der Waals surface area contributed by atoms with Crippen LogP contribution in [0.25, 0.3) is 0 Å². The van der Waals surface area contributed by atoms with Gasteiger partial charge in [0.25, 0.3) is 0 Å². The average molecular weight is 336 g/mol. The highest BCUT2D eigenvalue weighted by Gasteiger charge is 2.28. The molecule has 1 fully saturated rings. The number of esters is 1. The second kappa shape index (κ2) is 7.45. The second-order valence-electron chi connectivity index (χ2n) is 6.27. The number of hydrogen-bond donors (Lipinski definition) is 2. The molecule has 126 valence electrons. The van der Waals surface area contributed by atoms with Crippen molar-refractivity contribution in [2.45, 2.75) is 44.9 Å². The summed E-state index contributed by atoms with van der Waals surface area (Å²) >= 11 is 1.56. The number of carbonyl (C=O) groups is 2. The molecular formula is C17H24N2O3S. The first-order valence-corrected chi connectivity index (χ1v) is 9.26. The lowest BCUT2D eigenvalue weighted by molar-refractivity contribution is -0.120. The molecule has 1 aromatic heterocycles. The summed E-state index contributed by atoms with van der Waals surface area (Å²) in [5.74, 6) is -0.262. The van der Waals surface area contributed by atoms with Crippen LogP contribution in [-0.4, -0.2) is 32.1 Å². The number of rotatable bonds is 3. The molecule has 0 unspecified atom stereocenters. The lowest BCUT2D eigenvalue weighted by atomic mass is 9.97. The Kier molecular flexibility index (Phi) is 5.33. The number of piperidine rings is 1. The molecular weight excluding hydrogens is 312 g/mol. The van der Waals surface area contributed by atoms with Crippen LogP contribution in [0.4, 0.5) is 5.00 Å². The molecule has 1 aliphatic heterocycles. The Labute approximate surface area is 140 Å². The average Bonchev–Trinajstić information content (AvgIpc) is 2.76. The molecule has 0 spiro atoms. The van der Waals surface area contributed by atoms with Crippen molar-refractivity contribution in [2.24, 2.45) is 5.92 Å². The number of nitrogens with one attached hydrogen (secondary N) is 2. The summed E-state index contributed by atoms with van der Waals surface area (Å²) in [7, 11) is 1.40. The first-order valence-electron chi connectivity index (χ1n) is 8.45. The molecule has 1 aliphatic carbocycles. The van der Waals surface area contributed by atoms with Gasteiger partial charge in [-0.3, -0.25) is 4.79 Å². The number of carbonyl (C=O) groups excluding carboxylic acids is 2. The molecule has 2 N–H and O–H groups in total. The third kappa shape index (κ3) is 3.58. The molecule has 1 aromatic rings. The normalized spacial score (nSPS) is 18.8. The van der Waals surface area contributed by atoms with Crippen LogP contribution in [-0.2, 0) is 22.4 Å². The molecule has 2 aliphatic rings. The number of fused-ring (bicyclic) bond motifs is 1. The van der Waals surface area contributed by atoms with E-state index in [1.54, 1.807) is 11.3 Å². The first-order chi connectivity index (χ1) is 11.2. The van der Waals surface area contributed by atoms with E-state index >= 15 is 0 Å². The predicted molar refractivity (Wildman–Crippen MR) is 91.1 cm³/mol. The second-order valence-corrected chi connectivity index (χ2v) is 7.38. The van der Waals surface area contributed by atoms with Crippen LogP contribution in [0.15, 0.2) is 0 Å². The third-order valence-electron chi connectivity index (χ3n) is 4.76. The summed E-state index contributed by atoms with van der Waals surface area (Å²) in [4.78, 5) is 26.0. The quantitative estimate of drug-likeness (QED) is 0.658. The van der Waals surface area contributed by atoms with Crippen LogP contribution in [0.2, 0.25) is 0 Å². The Hall–Kier alpha value is -1.40. The molecule has 0 bridgehead atoms. The van der Waals surface area contributed by atoms with Crippen LogP contribution >= 0.6 is 11.3 Å². The van der Waals surface area contributed by atoms with Crippen molar-refractivity contribution < 1.29 is 14.3 Å². The Balaban J connectivity index is 1.85. The predicted octanol–water partition coefficient (Wildman–Crippen LogP) is 2.74. The van der Waals surface area contributed by atoms with Crippen LogP contribution < -0.4 is 10.6 Å². The minimum atomic E-state index is -0.329. The maximum absolute atomic E-state index is 12.5. The van der Waals surface area contributed by atoms with Gasteiger partial charge in [0.05, 0.1) is 12.7 Å². The summed E-state index contributed by atoms with van der Waals surface area (Å²) in [5.41, 5.74) is 1.69. The van der Waals surface area contributed by atoms with Gasteiger partial charge in [0, 0.05) is 10.8 Å². The van der Waals surface area contributed by atoms with Crippen molar-refractivity contribution in [2.75, 3.05) is 25.5 Å². The van der Waals surface area contributed by atoms with Crippen molar-refractivity contribution in [3.05, 3.63) is 16.0 Å². The van der Waals surface area contributed by atoms with E-state index in [4.69, 9.17) is 4.74 Å². The fourth-order valence-electron chi connectivity index (χ4n) is 3.45. The van der Waals surface area contributed by atoms with Crippen LogP contribution in [0, 0.1) is 5.92 Å². The zero-order valence-electron chi connectivity index (χ0n) is 13.6. The van der Waals surface area contributed by atoms with E-state index in [1.165, 1.54) is 18.4 Å². The van der Waals surface area contributed by atoms with Gasteiger partial charge in [0.15, 0.2) is 0 Å². The van der Waals surface area contributed by atoms with E-state index in [2.05, 4.69) is 10.6 Å². The number of aryl methyl sites for hydroxylation is 1. The minimum Gasteiger partial charge on any atom is -0.465 e. The number of thiophene rings is 1. The molecule has 0 aromatic carbocycles. The minimum absolute atomic E-state index is 0.0312.